The quantitative estimate of drug-likeness (QED) is 0.407. The smallest absolute Gasteiger partial charge is 0.329 e. The molecule has 0 unspecified atom stereocenters. The Morgan fingerprint density at radius 3 is 2.28 bits per heavy atom. The van der Waals surface area contributed by atoms with E-state index in [1.54, 1.807) is 12.4 Å². The third-order valence-corrected chi connectivity index (χ3v) is 11.7. The van der Waals surface area contributed by atoms with Crippen LogP contribution >= 0.6 is 0 Å². The lowest BCUT2D eigenvalue weighted by molar-refractivity contribution is -0.168. The number of hydrogen-bond acceptors (Lipinski definition) is 4. The van der Waals surface area contributed by atoms with Crippen LogP contribution in [0, 0.1) is 5.92 Å². The number of pyridine rings is 1. The number of benzene rings is 1. The van der Waals surface area contributed by atoms with Crippen molar-refractivity contribution in [2.75, 3.05) is 0 Å². The van der Waals surface area contributed by atoms with Crippen LogP contribution in [0.5, 0.6) is 0 Å². The Labute approximate surface area is 174 Å². The van der Waals surface area contributed by atoms with E-state index in [1.165, 1.54) is 0 Å². The van der Waals surface area contributed by atoms with Crippen LogP contribution < -0.4 is 0 Å². The highest BCUT2D eigenvalue weighted by Crippen LogP contribution is 2.45. The molecular weight excluding hydrogens is 380 g/mol. The van der Waals surface area contributed by atoms with E-state index < -0.39 is 14.3 Å². The molecule has 0 bridgehead atoms. The molecule has 1 amide bonds. The number of rotatable bonds is 6. The number of carbonyl (C=O) groups is 2. The van der Waals surface area contributed by atoms with Crippen LogP contribution in [0.2, 0.25) is 18.1 Å². The van der Waals surface area contributed by atoms with Crippen LogP contribution in [0.4, 0.5) is 0 Å². The summed E-state index contributed by atoms with van der Waals surface area (Å²) in [6.45, 7) is 11.0. The van der Waals surface area contributed by atoms with Gasteiger partial charge in [-0.25, -0.2) is 4.79 Å². The second kappa shape index (κ2) is 8.11. The lowest BCUT2D eigenvalue weighted by Gasteiger charge is -2.57. The number of esters is 1. The molecule has 5 nitrogen and oxygen atoms in total. The van der Waals surface area contributed by atoms with Gasteiger partial charge >= 0.3 is 5.97 Å². The highest BCUT2D eigenvalue weighted by atomic mass is 28.3. The van der Waals surface area contributed by atoms with Gasteiger partial charge in [0.15, 0.2) is 8.24 Å². The van der Waals surface area contributed by atoms with Crippen LogP contribution in [0.15, 0.2) is 54.9 Å². The van der Waals surface area contributed by atoms with Gasteiger partial charge in [0.1, 0.15) is 12.6 Å². The van der Waals surface area contributed by atoms with E-state index in [4.69, 9.17) is 4.74 Å². The van der Waals surface area contributed by atoms with Crippen LogP contribution in [-0.4, -0.2) is 35.7 Å². The first-order chi connectivity index (χ1) is 13.6. The highest BCUT2D eigenvalue weighted by molar-refractivity contribution is 6.80. The number of ether oxygens (including phenoxy) is 1. The molecule has 3 rings (SSSR count). The van der Waals surface area contributed by atoms with Gasteiger partial charge in [0.05, 0.1) is 5.92 Å². The second-order valence-corrected chi connectivity index (χ2v) is 14.3. The number of carbonyl (C=O) groups excluding carboxylic acids is 2. The SMILES string of the molecule is CC(C)(C)[Si](C)(C)N1C(=O)[C@H](Cc2ccncc2)[C@H]1C(=O)OCc1ccccc1. The first-order valence-electron chi connectivity index (χ1n) is 10.1. The Kier molecular flexibility index (Phi) is 5.94. The molecule has 1 aliphatic rings. The molecule has 0 radical (unpaired) electrons. The van der Waals surface area contributed by atoms with E-state index in [2.05, 4.69) is 38.8 Å². The van der Waals surface area contributed by atoms with Gasteiger partial charge in [-0.1, -0.05) is 64.2 Å². The van der Waals surface area contributed by atoms with E-state index in [0.717, 1.165) is 11.1 Å². The Hall–Kier alpha value is -2.47. The van der Waals surface area contributed by atoms with Crippen molar-refractivity contribution in [3.63, 3.8) is 0 Å². The minimum atomic E-state index is -2.21. The predicted molar refractivity (Wildman–Crippen MR) is 116 cm³/mol. The first-order valence-corrected chi connectivity index (χ1v) is 13.0. The predicted octanol–water partition coefficient (Wildman–Crippen LogP) is 4.20. The summed E-state index contributed by atoms with van der Waals surface area (Å²) in [4.78, 5) is 30.3. The van der Waals surface area contributed by atoms with Crippen molar-refractivity contribution in [2.45, 2.75) is 58.0 Å². The number of nitrogens with zero attached hydrogens (tertiary/aromatic N) is 2. The first kappa shape index (κ1) is 21.2. The summed E-state index contributed by atoms with van der Waals surface area (Å²) in [6.07, 6.45) is 3.96. The molecule has 1 aliphatic heterocycles. The summed E-state index contributed by atoms with van der Waals surface area (Å²) in [5.74, 6) is -0.623. The van der Waals surface area contributed by atoms with Gasteiger partial charge in [-0.3, -0.25) is 9.78 Å². The molecule has 1 aromatic carbocycles. The molecule has 2 heterocycles. The Morgan fingerprint density at radius 2 is 1.69 bits per heavy atom. The summed E-state index contributed by atoms with van der Waals surface area (Å²) in [6, 6.07) is 12.9. The molecule has 0 N–H and O–H groups in total. The molecule has 29 heavy (non-hydrogen) atoms. The fraction of sp³-hybridized carbons (Fsp3) is 0.435. The van der Waals surface area contributed by atoms with E-state index in [9.17, 15) is 9.59 Å². The van der Waals surface area contributed by atoms with Gasteiger partial charge in [-0.2, -0.15) is 0 Å². The molecule has 6 heteroatoms. The fourth-order valence-electron chi connectivity index (χ4n) is 3.59. The van der Waals surface area contributed by atoms with E-state index in [1.807, 2.05) is 47.0 Å². The monoisotopic (exact) mass is 410 g/mol. The van der Waals surface area contributed by atoms with Gasteiger partial charge in [0.2, 0.25) is 5.91 Å². The molecule has 1 saturated heterocycles. The summed E-state index contributed by atoms with van der Waals surface area (Å²) in [7, 11) is -2.21. The van der Waals surface area contributed by atoms with Gasteiger partial charge in [-0.05, 0) is 34.7 Å². The summed E-state index contributed by atoms with van der Waals surface area (Å²) in [5, 5.41) is -0.0533. The van der Waals surface area contributed by atoms with Crippen LogP contribution in [0.25, 0.3) is 0 Å². The maximum Gasteiger partial charge on any atom is 0.329 e. The molecule has 2 atom stereocenters. The van der Waals surface area contributed by atoms with E-state index in [-0.39, 0.29) is 29.4 Å². The van der Waals surface area contributed by atoms with Crippen molar-refractivity contribution in [3.05, 3.63) is 66.0 Å². The lowest BCUT2D eigenvalue weighted by Crippen LogP contribution is -2.75. The van der Waals surface area contributed by atoms with Crippen molar-refractivity contribution in [3.8, 4) is 0 Å². The largest absolute Gasteiger partial charge is 0.459 e. The Bertz CT molecular complexity index is 863. The topological polar surface area (TPSA) is 59.5 Å². The number of hydrogen-bond donors (Lipinski definition) is 0. The number of amides is 1. The van der Waals surface area contributed by atoms with Crippen LogP contribution in [-0.2, 0) is 27.4 Å². The van der Waals surface area contributed by atoms with Crippen molar-refractivity contribution < 1.29 is 14.3 Å². The zero-order valence-corrected chi connectivity index (χ0v) is 18.9. The lowest BCUT2D eigenvalue weighted by atomic mass is 9.85. The van der Waals surface area contributed by atoms with Gasteiger partial charge in [-0.15, -0.1) is 0 Å². The highest BCUT2D eigenvalue weighted by Gasteiger charge is 2.60. The number of β-lactam (4-membered cyclic amide) rings is 1. The molecular formula is C23H30N2O3Si. The third kappa shape index (κ3) is 4.27. The summed E-state index contributed by atoms with van der Waals surface area (Å²) < 4.78 is 7.53. The van der Waals surface area contributed by atoms with Crippen molar-refractivity contribution >= 4 is 20.1 Å². The van der Waals surface area contributed by atoms with E-state index in [0.29, 0.717) is 6.42 Å². The zero-order chi connectivity index (χ0) is 21.2. The van der Waals surface area contributed by atoms with E-state index >= 15 is 0 Å². The van der Waals surface area contributed by atoms with Gasteiger partial charge < -0.3 is 9.30 Å². The Balaban J connectivity index is 1.82. The maximum absolute atomic E-state index is 13.2. The van der Waals surface area contributed by atoms with Crippen LogP contribution in [0.1, 0.15) is 31.9 Å². The molecule has 154 valence electrons. The average molecular weight is 411 g/mol. The minimum absolute atomic E-state index is 0.0533. The van der Waals surface area contributed by atoms with Crippen molar-refractivity contribution in [1.82, 2.24) is 9.55 Å². The standard InChI is InChI=1S/C23H30N2O3Si/c1-23(2,3)29(4,5)25-20(22(27)28-16-18-9-7-6-8-10-18)19(21(25)26)15-17-11-13-24-14-12-17/h6-14,19-20H,15-16H2,1-5H3/t19-,20+/m1/s1. The van der Waals surface area contributed by atoms with Crippen LogP contribution in [0.3, 0.4) is 0 Å². The molecule has 0 aliphatic carbocycles. The normalized spacial score (nSPS) is 19.6. The van der Waals surface area contributed by atoms with Gasteiger partial charge in [0, 0.05) is 12.4 Å². The van der Waals surface area contributed by atoms with Gasteiger partial charge in [0.25, 0.3) is 0 Å². The molecule has 0 spiro atoms. The summed E-state index contributed by atoms with van der Waals surface area (Å²) in [5.41, 5.74) is 1.95. The minimum Gasteiger partial charge on any atom is -0.459 e. The van der Waals surface area contributed by atoms with Crippen molar-refractivity contribution in [2.24, 2.45) is 5.92 Å². The zero-order valence-electron chi connectivity index (χ0n) is 17.9. The molecule has 0 saturated carbocycles. The van der Waals surface area contributed by atoms with Crippen molar-refractivity contribution in [1.29, 1.82) is 0 Å². The molecule has 2 aromatic rings. The Morgan fingerprint density at radius 1 is 1.07 bits per heavy atom. The average Bonchev–Trinajstić information content (AvgIpc) is 2.68. The summed E-state index contributed by atoms with van der Waals surface area (Å²) >= 11 is 0. The fourth-order valence-corrected chi connectivity index (χ4v) is 6.01. The second-order valence-electron chi connectivity index (χ2n) is 9.22. The maximum atomic E-state index is 13.2. The molecule has 1 fully saturated rings. The number of aromatic nitrogens is 1. The third-order valence-electron chi connectivity index (χ3n) is 6.32. The molecule has 1 aromatic heterocycles.